The van der Waals surface area contributed by atoms with E-state index in [4.69, 9.17) is 9.15 Å². The molecule has 0 spiro atoms. The highest BCUT2D eigenvalue weighted by Crippen LogP contribution is 2.24. The summed E-state index contributed by atoms with van der Waals surface area (Å²) < 4.78 is 12.2. The third-order valence-corrected chi connectivity index (χ3v) is 5.04. The Labute approximate surface area is 189 Å². The first-order valence-corrected chi connectivity index (χ1v) is 10.7. The molecule has 0 fully saturated rings. The van der Waals surface area contributed by atoms with E-state index in [9.17, 15) is 14.4 Å². The maximum absolute atomic E-state index is 12.6. The van der Waals surface area contributed by atoms with Crippen LogP contribution in [0.15, 0.2) is 80.7 Å². The van der Waals surface area contributed by atoms with Crippen LogP contribution in [0.4, 0.5) is 0 Å². The third kappa shape index (κ3) is 5.01. The fourth-order valence-corrected chi connectivity index (χ4v) is 3.44. The van der Waals surface area contributed by atoms with E-state index >= 15 is 0 Å². The molecule has 0 aliphatic rings. The summed E-state index contributed by atoms with van der Waals surface area (Å²) in [6, 6.07) is 19.4. The van der Waals surface area contributed by atoms with Gasteiger partial charge in [-0.05, 0) is 31.5 Å². The molecule has 2 aromatic heterocycles. The number of aryl methyl sites for hydroxylation is 1. The Balaban J connectivity index is 1.41. The lowest BCUT2D eigenvalue weighted by Gasteiger charge is -2.09. The number of nitrogens with one attached hydrogen (secondary N) is 1. The summed E-state index contributed by atoms with van der Waals surface area (Å²) in [7, 11) is 0. The quantitative estimate of drug-likeness (QED) is 0.330. The van der Waals surface area contributed by atoms with Crippen molar-refractivity contribution in [2.24, 2.45) is 0 Å². The first-order valence-electron chi connectivity index (χ1n) is 10.7. The Bertz CT molecular complexity index is 1390. The van der Waals surface area contributed by atoms with Gasteiger partial charge in [-0.2, -0.15) is 5.10 Å². The second kappa shape index (κ2) is 9.95. The number of para-hydroxylation sites is 1. The molecule has 168 valence electrons. The molecule has 0 unspecified atom stereocenters. The molecule has 0 saturated carbocycles. The number of rotatable bonds is 8. The van der Waals surface area contributed by atoms with Crippen LogP contribution in [-0.4, -0.2) is 28.8 Å². The van der Waals surface area contributed by atoms with E-state index in [-0.39, 0.29) is 17.7 Å². The highest BCUT2D eigenvalue weighted by Gasteiger charge is 2.15. The van der Waals surface area contributed by atoms with Crippen molar-refractivity contribution in [3.05, 3.63) is 93.1 Å². The largest absolute Gasteiger partial charge is 0.490 e. The normalized spacial score (nSPS) is 10.8. The molecule has 8 nitrogen and oxygen atoms in total. The van der Waals surface area contributed by atoms with Crippen molar-refractivity contribution in [1.82, 2.24) is 15.1 Å². The zero-order valence-corrected chi connectivity index (χ0v) is 18.1. The fraction of sp³-hybridized carbons (Fsp3) is 0.200. The number of hydrogen-bond acceptors (Lipinski definition) is 6. The first-order chi connectivity index (χ1) is 16.1. The molecular weight excluding hydrogens is 422 g/mol. The van der Waals surface area contributed by atoms with E-state index in [0.29, 0.717) is 42.0 Å². The predicted octanol–water partition coefficient (Wildman–Crippen LogP) is 3.24. The van der Waals surface area contributed by atoms with Gasteiger partial charge in [0.05, 0.1) is 12.3 Å². The topological polar surface area (TPSA) is 103 Å². The average molecular weight is 445 g/mol. The first kappa shape index (κ1) is 22.0. The van der Waals surface area contributed by atoms with E-state index in [1.807, 2.05) is 37.3 Å². The Morgan fingerprint density at radius 1 is 1.06 bits per heavy atom. The predicted molar refractivity (Wildman–Crippen MR) is 125 cm³/mol. The summed E-state index contributed by atoms with van der Waals surface area (Å²) in [5.41, 5.74) is 0.874. The third-order valence-electron chi connectivity index (χ3n) is 5.04. The Kier molecular flexibility index (Phi) is 6.64. The van der Waals surface area contributed by atoms with E-state index in [0.717, 1.165) is 5.56 Å². The lowest BCUT2D eigenvalue weighted by atomic mass is 10.1. The van der Waals surface area contributed by atoms with Crippen LogP contribution < -0.4 is 21.2 Å². The molecule has 4 aromatic rings. The maximum atomic E-state index is 12.6. The Morgan fingerprint density at radius 2 is 1.88 bits per heavy atom. The number of carbonyl (C=O) groups excluding carboxylic acids is 1. The molecule has 0 radical (unpaired) electrons. The van der Waals surface area contributed by atoms with Crippen molar-refractivity contribution in [1.29, 1.82) is 0 Å². The van der Waals surface area contributed by atoms with Gasteiger partial charge in [0, 0.05) is 30.1 Å². The lowest BCUT2D eigenvalue weighted by Crippen LogP contribution is -2.30. The second-order valence-electron chi connectivity index (χ2n) is 7.31. The van der Waals surface area contributed by atoms with Crippen molar-refractivity contribution < 1.29 is 13.9 Å². The molecule has 4 rings (SSSR count). The van der Waals surface area contributed by atoms with Gasteiger partial charge in [0.15, 0.2) is 11.3 Å². The minimum absolute atomic E-state index is 0.0856. The standard InChI is InChI=1S/C25H23N3O5/c1-2-32-21-11-6-10-18-16-19(25(31)33-23(18)21)24(30)26-14-7-15-28-22(29)13-12-20(27-28)17-8-4-3-5-9-17/h3-6,8-13,16H,2,7,14-15H2,1H3,(H,26,30). The summed E-state index contributed by atoms with van der Waals surface area (Å²) >= 11 is 0. The zero-order chi connectivity index (χ0) is 23.2. The molecule has 0 saturated heterocycles. The minimum atomic E-state index is -0.736. The second-order valence-corrected chi connectivity index (χ2v) is 7.31. The molecular formula is C25H23N3O5. The minimum Gasteiger partial charge on any atom is -0.490 e. The van der Waals surface area contributed by atoms with Crippen LogP contribution in [0.25, 0.3) is 22.2 Å². The van der Waals surface area contributed by atoms with Crippen molar-refractivity contribution in [2.45, 2.75) is 19.9 Å². The van der Waals surface area contributed by atoms with Crippen LogP contribution in [0, 0.1) is 0 Å². The summed E-state index contributed by atoms with van der Waals surface area (Å²) in [5, 5.41) is 7.71. The van der Waals surface area contributed by atoms with Crippen LogP contribution in [-0.2, 0) is 6.54 Å². The number of hydrogen-bond donors (Lipinski definition) is 1. The summed E-state index contributed by atoms with van der Waals surface area (Å²) in [4.78, 5) is 37.1. The number of nitrogens with zero attached hydrogens (tertiary/aromatic N) is 2. The van der Waals surface area contributed by atoms with Gasteiger partial charge in [-0.1, -0.05) is 42.5 Å². The van der Waals surface area contributed by atoms with Crippen molar-refractivity contribution in [3.63, 3.8) is 0 Å². The molecule has 2 aromatic carbocycles. The van der Waals surface area contributed by atoms with Gasteiger partial charge >= 0.3 is 5.63 Å². The van der Waals surface area contributed by atoms with Gasteiger partial charge in [0.25, 0.3) is 11.5 Å². The molecule has 0 atom stereocenters. The molecule has 0 aliphatic carbocycles. The Morgan fingerprint density at radius 3 is 2.67 bits per heavy atom. The number of ether oxygens (including phenoxy) is 1. The summed E-state index contributed by atoms with van der Waals surface area (Å²) in [6.45, 7) is 2.85. The van der Waals surface area contributed by atoms with Gasteiger partial charge in [-0.3, -0.25) is 9.59 Å². The van der Waals surface area contributed by atoms with Crippen LogP contribution in [0.3, 0.4) is 0 Å². The number of amides is 1. The summed E-state index contributed by atoms with van der Waals surface area (Å²) in [5.74, 6) is -0.0828. The van der Waals surface area contributed by atoms with Crippen LogP contribution >= 0.6 is 0 Å². The molecule has 33 heavy (non-hydrogen) atoms. The number of benzene rings is 2. The molecule has 8 heteroatoms. The van der Waals surface area contributed by atoms with Crippen LogP contribution in [0.2, 0.25) is 0 Å². The van der Waals surface area contributed by atoms with Crippen LogP contribution in [0.5, 0.6) is 5.75 Å². The number of aromatic nitrogens is 2. The van der Waals surface area contributed by atoms with Gasteiger partial charge < -0.3 is 14.5 Å². The van der Waals surface area contributed by atoms with Crippen molar-refractivity contribution in [3.8, 4) is 17.0 Å². The van der Waals surface area contributed by atoms with Gasteiger partial charge in [0.2, 0.25) is 0 Å². The number of fused-ring (bicyclic) bond motifs is 1. The monoisotopic (exact) mass is 445 g/mol. The smallest absolute Gasteiger partial charge is 0.349 e. The number of carbonyl (C=O) groups is 1. The van der Waals surface area contributed by atoms with Crippen LogP contribution in [0.1, 0.15) is 23.7 Å². The van der Waals surface area contributed by atoms with Gasteiger partial charge in [0.1, 0.15) is 5.56 Å². The molecule has 2 heterocycles. The zero-order valence-electron chi connectivity index (χ0n) is 18.1. The van der Waals surface area contributed by atoms with E-state index < -0.39 is 11.5 Å². The molecule has 1 amide bonds. The van der Waals surface area contributed by atoms with Crippen molar-refractivity contribution >= 4 is 16.9 Å². The molecule has 0 aliphatic heterocycles. The summed E-state index contributed by atoms with van der Waals surface area (Å²) in [6.07, 6.45) is 0.463. The van der Waals surface area contributed by atoms with Gasteiger partial charge in [-0.25, -0.2) is 9.48 Å². The Hall–Kier alpha value is -4.20. The SMILES string of the molecule is CCOc1cccc2cc(C(=O)NCCCn3nc(-c4ccccc4)ccc3=O)c(=O)oc12. The van der Waals surface area contributed by atoms with Gasteiger partial charge in [-0.15, -0.1) is 0 Å². The van der Waals surface area contributed by atoms with Crippen molar-refractivity contribution in [2.75, 3.05) is 13.2 Å². The molecule has 1 N–H and O–H groups in total. The van der Waals surface area contributed by atoms with E-state index in [2.05, 4.69) is 10.4 Å². The average Bonchev–Trinajstić information content (AvgIpc) is 2.83. The lowest BCUT2D eigenvalue weighted by molar-refractivity contribution is 0.0949. The van der Waals surface area contributed by atoms with E-state index in [1.165, 1.54) is 16.8 Å². The fourth-order valence-electron chi connectivity index (χ4n) is 3.44. The maximum Gasteiger partial charge on any atom is 0.349 e. The highest BCUT2D eigenvalue weighted by atomic mass is 16.5. The molecule has 0 bridgehead atoms. The van der Waals surface area contributed by atoms with E-state index in [1.54, 1.807) is 24.3 Å². The highest BCUT2D eigenvalue weighted by molar-refractivity contribution is 5.97.